The van der Waals surface area contributed by atoms with E-state index in [0.717, 1.165) is 19.4 Å². The molecule has 0 radical (unpaired) electrons. The Morgan fingerprint density at radius 1 is 1.00 bits per heavy atom. The normalized spacial score (nSPS) is 16.1. The van der Waals surface area contributed by atoms with Gasteiger partial charge in [0.05, 0.1) is 17.8 Å². The van der Waals surface area contributed by atoms with Gasteiger partial charge in [0.15, 0.2) is 0 Å². The molecule has 0 saturated carbocycles. The van der Waals surface area contributed by atoms with Crippen molar-refractivity contribution in [1.29, 1.82) is 0 Å². The summed E-state index contributed by atoms with van der Waals surface area (Å²) in [6, 6.07) is 0. The zero-order chi connectivity index (χ0) is 12.7. The van der Waals surface area contributed by atoms with Crippen LogP contribution >= 0.6 is 0 Å². The first-order chi connectivity index (χ1) is 7.39. The molecule has 0 bridgehead atoms. The van der Waals surface area contributed by atoms with E-state index in [4.69, 9.17) is 14.6 Å². The maximum Gasteiger partial charge on any atom is 0.0673 e. The van der Waals surface area contributed by atoms with Crippen molar-refractivity contribution < 1.29 is 14.6 Å². The quantitative estimate of drug-likeness (QED) is 0.664. The van der Waals surface area contributed by atoms with E-state index in [0.29, 0.717) is 13.0 Å². The van der Waals surface area contributed by atoms with Gasteiger partial charge in [-0.15, -0.1) is 0 Å². The Morgan fingerprint density at radius 2 is 1.62 bits per heavy atom. The van der Waals surface area contributed by atoms with E-state index < -0.39 is 0 Å². The highest BCUT2D eigenvalue weighted by molar-refractivity contribution is 4.74. The maximum absolute atomic E-state index is 8.97. The largest absolute Gasteiger partial charge is 0.396 e. The van der Waals surface area contributed by atoms with Gasteiger partial charge in [0.2, 0.25) is 0 Å². The highest BCUT2D eigenvalue weighted by Gasteiger charge is 2.24. The van der Waals surface area contributed by atoms with Crippen LogP contribution in [0.4, 0.5) is 0 Å². The van der Waals surface area contributed by atoms with Crippen LogP contribution in [0.1, 0.15) is 53.9 Å². The van der Waals surface area contributed by atoms with Crippen molar-refractivity contribution in [3.05, 3.63) is 0 Å². The van der Waals surface area contributed by atoms with Crippen LogP contribution in [-0.2, 0) is 9.47 Å². The van der Waals surface area contributed by atoms with Crippen LogP contribution in [-0.4, -0.2) is 36.1 Å². The number of aliphatic hydroxyl groups is 1. The average Bonchev–Trinajstić information content (AvgIpc) is 2.17. The first-order valence-corrected chi connectivity index (χ1v) is 6.28. The zero-order valence-electron chi connectivity index (χ0n) is 11.5. The Kier molecular flexibility index (Phi) is 7.20. The van der Waals surface area contributed by atoms with Crippen molar-refractivity contribution >= 4 is 0 Å². The molecule has 0 aliphatic rings. The summed E-state index contributed by atoms with van der Waals surface area (Å²) in [7, 11) is 0. The van der Waals surface area contributed by atoms with Crippen LogP contribution in [0, 0.1) is 0 Å². The summed E-state index contributed by atoms with van der Waals surface area (Å²) in [5.74, 6) is 0. The van der Waals surface area contributed by atoms with E-state index in [1.54, 1.807) is 0 Å². The van der Waals surface area contributed by atoms with Crippen LogP contribution in [0.2, 0.25) is 0 Å². The lowest BCUT2D eigenvalue weighted by molar-refractivity contribution is -0.0839. The van der Waals surface area contributed by atoms with Crippen molar-refractivity contribution in [2.45, 2.75) is 65.1 Å². The number of aliphatic hydroxyl groups excluding tert-OH is 1. The molecule has 0 aliphatic heterocycles. The van der Waals surface area contributed by atoms with Gasteiger partial charge >= 0.3 is 0 Å². The molecule has 1 unspecified atom stereocenters. The van der Waals surface area contributed by atoms with Gasteiger partial charge in [0.25, 0.3) is 0 Å². The topological polar surface area (TPSA) is 38.7 Å². The molecule has 0 rings (SSSR count). The molecular formula is C13H28O3. The zero-order valence-corrected chi connectivity index (χ0v) is 11.5. The van der Waals surface area contributed by atoms with Gasteiger partial charge in [0, 0.05) is 13.2 Å². The molecule has 0 spiro atoms. The average molecular weight is 232 g/mol. The van der Waals surface area contributed by atoms with Gasteiger partial charge < -0.3 is 14.6 Å². The minimum atomic E-state index is -0.197. The van der Waals surface area contributed by atoms with E-state index in [1.165, 1.54) is 0 Å². The molecule has 0 aromatic heterocycles. The standard InChI is InChI=1S/C13H28O3/c1-6-13(5,8-10-14)16-11-9-12(3,4)15-7-2/h14H,6-11H2,1-5H3. The molecule has 3 heteroatoms. The lowest BCUT2D eigenvalue weighted by Crippen LogP contribution is -2.33. The number of hydrogen-bond donors (Lipinski definition) is 1. The fraction of sp³-hybridized carbons (Fsp3) is 1.00. The Morgan fingerprint density at radius 3 is 2.06 bits per heavy atom. The minimum Gasteiger partial charge on any atom is -0.396 e. The van der Waals surface area contributed by atoms with E-state index in [9.17, 15) is 0 Å². The van der Waals surface area contributed by atoms with E-state index >= 15 is 0 Å². The van der Waals surface area contributed by atoms with Gasteiger partial charge in [-0.25, -0.2) is 0 Å². The molecule has 1 atom stereocenters. The van der Waals surface area contributed by atoms with Crippen LogP contribution in [0.3, 0.4) is 0 Å². The fourth-order valence-corrected chi connectivity index (χ4v) is 1.59. The highest BCUT2D eigenvalue weighted by Crippen LogP contribution is 2.22. The van der Waals surface area contributed by atoms with Crippen LogP contribution in [0.25, 0.3) is 0 Å². The molecule has 0 fully saturated rings. The van der Waals surface area contributed by atoms with Crippen LogP contribution < -0.4 is 0 Å². The second-order valence-corrected chi connectivity index (χ2v) is 5.07. The molecule has 0 heterocycles. The van der Waals surface area contributed by atoms with Crippen molar-refractivity contribution in [3.63, 3.8) is 0 Å². The summed E-state index contributed by atoms with van der Waals surface area (Å²) in [6.07, 6.45) is 2.49. The minimum absolute atomic E-state index is 0.122. The van der Waals surface area contributed by atoms with Crippen molar-refractivity contribution in [2.75, 3.05) is 19.8 Å². The molecule has 0 aromatic carbocycles. The van der Waals surface area contributed by atoms with E-state index in [1.807, 2.05) is 6.92 Å². The van der Waals surface area contributed by atoms with E-state index in [-0.39, 0.29) is 17.8 Å². The monoisotopic (exact) mass is 232 g/mol. The lowest BCUT2D eigenvalue weighted by atomic mass is 9.99. The van der Waals surface area contributed by atoms with Crippen molar-refractivity contribution in [2.24, 2.45) is 0 Å². The molecule has 16 heavy (non-hydrogen) atoms. The summed E-state index contributed by atoms with van der Waals surface area (Å²) < 4.78 is 11.5. The molecule has 0 saturated heterocycles. The number of ether oxygens (including phenoxy) is 2. The SMILES string of the molecule is CCOC(C)(C)CCOC(C)(CC)CCO. The summed E-state index contributed by atoms with van der Waals surface area (Å²) in [4.78, 5) is 0. The predicted octanol–water partition coefficient (Wildman–Crippen LogP) is 2.76. The highest BCUT2D eigenvalue weighted by atomic mass is 16.5. The van der Waals surface area contributed by atoms with Gasteiger partial charge in [-0.1, -0.05) is 6.92 Å². The third-order valence-electron chi connectivity index (χ3n) is 3.08. The third-order valence-corrected chi connectivity index (χ3v) is 3.08. The Hall–Kier alpha value is -0.120. The van der Waals surface area contributed by atoms with Crippen molar-refractivity contribution in [3.8, 4) is 0 Å². The summed E-state index contributed by atoms with van der Waals surface area (Å²) in [5.41, 5.74) is -0.320. The summed E-state index contributed by atoms with van der Waals surface area (Å²) in [5, 5.41) is 8.97. The fourth-order valence-electron chi connectivity index (χ4n) is 1.59. The Balaban J connectivity index is 3.94. The van der Waals surface area contributed by atoms with Gasteiger partial charge in [0.1, 0.15) is 0 Å². The lowest BCUT2D eigenvalue weighted by Gasteiger charge is -2.31. The molecule has 0 aliphatic carbocycles. The number of rotatable bonds is 9. The second kappa shape index (κ2) is 7.25. The maximum atomic E-state index is 8.97. The summed E-state index contributed by atoms with van der Waals surface area (Å²) >= 11 is 0. The van der Waals surface area contributed by atoms with Crippen LogP contribution in [0.15, 0.2) is 0 Å². The first kappa shape index (κ1) is 15.9. The molecule has 1 N–H and O–H groups in total. The predicted molar refractivity (Wildman–Crippen MR) is 66.7 cm³/mol. The van der Waals surface area contributed by atoms with E-state index in [2.05, 4.69) is 27.7 Å². The summed E-state index contributed by atoms with van der Waals surface area (Å²) in [6.45, 7) is 11.9. The Labute approximate surface area is 100 Å². The number of hydrogen-bond acceptors (Lipinski definition) is 3. The van der Waals surface area contributed by atoms with Crippen LogP contribution in [0.5, 0.6) is 0 Å². The van der Waals surface area contributed by atoms with Gasteiger partial charge in [-0.05, 0) is 47.0 Å². The van der Waals surface area contributed by atoms with Gasteiger partial charge in [-0.2, -0.15) is 0 Å². The molecule has 98 valence electrons. The third kappa shape index (κ3) is 6.46. The first-order valence-electron chi connectivity index (χ1n) is 6.28. The smallest absolute Gasteiger partial charge is 0.0673 e. The molecule has 0 aromatic rings. The molecule has 3 nitrogen and oxygen atoms in total. The Bertz CT molecular complexity index is 180. The molecular weight excluding hydrogens is 204 g/mol. The second-order valence-electron chi connectivity index (χ2n) is 5.07. The molecule has 0 amide bonds. The van der Waals surface area contributed by atoms with Crippen molar-refractivity contribution in [1.82, 2.24) is 0 Å². The van der Waals surface area contributed by atoms with Gasteiger partial charge in [-0.3, -0.25) is 0 Å².